The zero-order valence-electron chi connectivity index (χ0n) is 9.88. The van der Waals surface area contributed by atoms with Crippen LogP contribution >= 0.6 is 15.9 Å². The summed E-state index contributed by atoms with van der Waals surface area (Å²) in [4.78, 5) is 15.1. The third-order valence-electron chi connectivity index (χ3n) is 2.00. The van der Waals surface area contributed by atoms with Crippen molar-refractivity contribution in [3.05, 3.63) is 17.3 Å². The highest BCUT2D eigenvalue weighted by Gasteiger charge is 2.34. The van der Waals surface area contributed by atoms with E-state index in [2.05, 4.69) is 30.4 Å². The predicted molar refractivity (Wildman–Crippen MR) is 61.4 cm³/mol. The fraction of sp³-hybridized carbons (Fsp3) is 0.400. The second kappa shape index (κ2) is 6.09. The van der Waals surface area contributed by atoms with Crippen LogP contribution in [0.1, 0.15) is 16.1 Å². The number of rotatable bonds is 4. The summed E-state index contributed by atoms with van der Waals surface area (Å²) in [5, 5.41) is 0.0512. The second-order valence-electron chi connectivity index (χ2n) is 3.16. The Morgan fingerprint density at radius 1 is 1.42 bits per heavy atom. The highest BCUT2D eigenvalue weighted by atomic mass is 79.9. The molecule has 0 aliphatic heterocycles. The molecule has 5 nitrogen and oxygen atoms in total. The van der Waals surface area contributed by atoms with Gasteiger partial charge < -0.3 is 14.2 Å². The van der Waals surface area contributed by atoms with Crippen molar-refractivity contribution in [2.24, 2.45) is 0 Å². The number of ether oxygens (including phenoxy) is 3. The van der Waals surface area contributed by atoms with Gasteiger partial charge in [-0.05, 0) is 0 Å². The standard InChI is InChI=1S/C10H9BrF3NO4/c1-17-7-3-5(9(16)18-2)6(4-11)15-8(7)19-10(12,13)14/h3H,4H2,1-2H3. The van der Waals surface area contributed by atoms with Crippen molar-refractivity contribution >= 4 is 21.9 Å². The average Bonchev–Trinajstić information content (AvgIpc) is 2.35. The van der Waals surface area contributed by atoms with Gasteiger partial charge in [-0.2, -0.15) is 0 Å². The second-order valence-corrected chi connectivity index (χ2v) is 3.72. The van der Waals surface area contributed by atoms with Crippen molar-refractivity contribution in [3.8, 4) is 11.6 Å². The number of carbonyl (C=O) groups is 1. The molecule has 0 saturated carbocycles. The number of nitrogens with zero attached hydrogens (tertiary/aromatic N) is 1. The molecule has 1 aromatic heterocycles. The Morgan fingerprint density at radius 3 is 2.47 bits per heavy atom. The number of alkyl halides is 4. The van der Waals surface area contributed by atoms with Gasteiger partial charge in [0, 0.05) is 11.4 Å². The first-order valence-electron chi connectivity index (χ1n) is 4.80. The Kier molecular flexibility index (Phi) is 4.98. The lowest BCUT2D eigenvalue weighted by molar-refractivity contribution is -0.276. The molecule has 0 aliphatic rings. The van der Waals surface area contributed by atoms with Crippen molar-refractivity contribution < 1.29 is 32.2 Å². The average molecular weight is 344 g/mol. The van der Waals surface area contributed by atoms with Crippen LogP contribution in [0.25, 0.3) is 0 Å². The van der Waals surface area contributed by atoms with E-state index in [9.17, 15) is 18.0 Å². The van der Waals surface area contributed by atoms with Crippen molar-refractivity contribution in [1.29, 1.82) is 0 Å². The first kappa shape index (κ1) is 15.5. The molecule has 0 N–H and O–H groups in total. The largest absolute Gasteiger partial charge is 0.574 e. The number of hydrogen-bond donors (Lipinski definition) is 0. The number of halogens is 4. The van der Waals surface area contributed by atoms with Gasteiger partial charge in [0.05, 0.1) is 25.5 Å². The molecule has 0 spiro atoms. The maximum absolute atomic E-state index is 12.2. The number of pyridine rings is 1. The van der Waals surface area contributed by atoms with Crippen molar-refractivity contribution in [1.82, 2.24) is 4.98 Å². The van der Waals surface area contributed by atoms with Gasteiger partial charge >= 0.3 is 12.3 Å². The summed E-state index contributed by atoms with van der Waals surface area (Å²) in [6.07, 6.45) is -4.91. The molecule has 1 heterocycles. The highest BCUT2D eigenvalue weighted by molar-refractivity contribution is 9.08. The molecule has 0 saturated heterocycles. The Labute approximate surface area is 114 Å². The minimum absolute atomic E-state index is 0.00857. The molecule has 0 amide bonds. The van der Waals surface area contributed by atoms with E-state index in [0.29, 0.717) is 0 Å². The molecule has 0 bridgehead atoms. The van der Waals surface area contributed by atoms with E-state index >= 15 is 0 Å². The first-order chi connectivity index (χ1) is 8.82. The fourth-order valence-corrected chi connectivity index (χ4v) is 1.66. The number of hydrogen-bond acceptors (Lipinski definition) is 5. The van der Waals surface area contributed by atoms with Crippen LogP contribution < -0.4 is 9.47 Å². The third-order valence-corrected chi connectivity index (χ3v) is 2.53. The molecule has 0 unspecified atom stereocenters. The van der Waals surface area contributed by atoms with Gasteiger partial charge in [-0.3, -0.25) is 0 Å². The van der Waals surface area contributed by atoms with Crippen LogP contribution in [0.3, 0.4) is 0 Å². The Morgan fingerprint density at radius 2 is 2.05 bits per heavy atom. The molecule has 0 atom stereocenters. The van der Waals surface area contributed by atoms with Crippen LogP contribution in [0.5, 0.6) is 11.6 Å². The molecule has 0 fully saturated rings. The molecule has 1 aromatic rings. The predicted octanol–water partition coefficient (Wildman–Crippen LogP) is 2.67. The zero-order valence-corrected chi connectivity index (χ0v) is 11.5. The molecule has 106 valence electrons. The lowest BCUT2D eigenvalue weighted by Gasteiger charge is -2.14. The van der Waals surface area contributed by atoms with E-state index in [1.54, 1.807) is 0 Å². The molecule has 1 rings (SSSR count). The smallest absolute Gasteiger partial charge is 0.491 e. The molecular formula is C10H9BrF3NO4. The summed E-state index contributed by atoms with van der Waals surface area (Å²) in [6.45, 7) is 0. The summed E-state index contributed by atoms with van der Waals surface area (Å²) in [5.74, 6) is -1.82. The van der Waals surface area contributed by atoms with Gasteiger partial charge in [0.25, 0.3) is 5.88 Å². The lowest BCUT2D eigenvalue weighted by Crippen LogP contribution is -2.19. The zero-order chi connectivity index (χ0) is 14.6. The number of methoxy groups -OCH3 is 2. The highest BCUT2D eigenvalue weighted by Crippen LogP contribution is 2.32. The lowest BCUT2D eigenvalue weighted by atomic mass is 10.2. The molecule has 19 heavy (non-hydrogen) atoms. The van der Waals surface area contributed by atoms with Gasteiger partial charge in [-0.15, -0.1) is 13.2 Å². The molecule has 9 heteroatoms. The summed E-state index contributed by atoms with van der Waals surface area (Å²) >= 11 is 3.02. The maximum atomic E-state index is 12.2. The van der Waals surface area contributed by atoms with Crippen LogP contribution in [0.4, 0.5) is 13.2 Å². The normalized spacial score (nSPS) is 11.1. The van der Waals surface area contributed by atoms with Crippen molar-refractivity contribution in [2.75, 3.05) is 14.2 Å². The molecule has 0 aromatic carbocycles. The monoisotopic (exact) mass is 343 g/mol. The van der Waals surface area contributed by atoms with Gasteiger partial charge in [-0.25, -0.2) is 9.78 Å². The van der Waals surface area contributed by atoms with E-state index in [1.807, 2.05) is 0 Å². The minimum atomic E-state index is -4.91. The summed E-state index contributed by atoms with van der Waals surface area (Å²) < 4.78 is 49.5. The van der Waals surface area contributed by atoms with Gasteiger partial charge in [0.1, 0.15) is 0 Å². The van der Waals surface area contributed by atoms with Crippen LogP contribution in [-0.4, -0.2) is 31.5 Å². The van der Waals surface area contributed by atoms with E-state index in [-0.39, 0.29) is 22.3 Å². The Bertz CT molecular complexity index is 479. The van der Waals surface area contributed by atoms with E-state index in [0.717, 1.165) is 20.3 Å². The molecule has 0 radical (unpaired) electrons. The van der Waals surface area contributed by atoms with Gasteiger partial charge in [0.2, 0.25) is 0 Å². The van der Waals surface area contributed by atoms with Crippen LogP contribution in [0.15, 0.2) is 6.07 Å². The third kappa shape index (κ3) is 3.98. The maximum Gasteiger partial charge on any atom is 0.574 e. The van der Waals surface area contributed by atoms with Gasteiger partial charge in [-0.1, -0.05) is 15.9 Å². The van der Waals surface area contributed by atoms with E-state index < -0.39 is 18.2 Å². The summed E-state index contributed by atoms with van der Waals surface area (Å²) in [5.41, 5.74) is 0.0395. The number of esters is 1. The van der Waals surface area contributed by atoms with Crippen LogP contribution in [0.2, 0.25) is 0 Å². The minimum Gasteiger partial charge on any atom is -0.491 e. The first-order valence-corrected chi connectivity index (χ1v) is 5.92. The van der Waals surface area contributed by atoms with Gasteiger partial charge in [0.15, 0.2) is 5.75 Å². The van der Waals surface area contributed by atoms with Crippen molar-refractivity contribution in [2.45, 2.75) is 11.7 Å². The quantitative estimate of drug-likeness (QED) is 0.621. The topological polar surface area (TPSA) is 57.7 Å². The van der Waals surface area contributed by atoms with Crippen LogP contribution in [-0.2, 0) is 10.1 Å². The van der Waals surface area contributed by atoms with E-state index in [4.69, 9.17) is 4.74 Å². The Hall–Kier alpha value is -1.51. The van der Waals surface area contributed by atoms with Crippen molar-refractivity contribution in [3.63, 3.8) is 0 Å². The molecular weight excluding hydrogens is 335 g/mol. The van der Waals surface area contributed by atoms with Crippen LogP contribution in [0, 0.1) is 0 Å². The molecule has 0 aliphatic carbocycles. The Balaban J connectivity index is 3.31. The van der Waals surface area contributed by atoms with E-state index in [1.165, 1.54) is 0 Å². The summed E-state index contributed by atoms with van der Waals surface area (Å²) in [7, 11) is 2.28. The summed E-state index contributed by atoms with van der Waals surface area (Å²) in [6, 6.07) is 1.08. The number of aromatic nitrogens is 1. The SMILES string of the molecule is COC(=O)c1cc(OC)c(OC(F)(F)F)nc1CBr. The number of carbonyl (C=O) groups excluding carboxylic acids is 1. The fourth-order valence-electron chi connectivity index (χ4n) is 1.23.